The quantitative estimate of drug-likeness (QED) is 0.727. The molecule has 2 heteroatoms. The highest BCUT2D eigenvalue weighted by Gasteiger charge is 2.05. The van der Waals surface area contributed by atoms with Crippen molar-refractivity contribution < 1.29 is 4.79 Å². The molecule has 0 aliphatic heterocycles. The maximum Gasteiger partial charge on any atom is 0.244 e. The van der Waals surface area contributed by atoms with Gasteiger partial charge in [-0.25, -0.2) is 0 Å². The van der Waals surface area contributed by atoms with Gasteiger partial charge in [-0.15, -0.1) is 0 Å². The van der Waals surface area contributed by atoms with E-state index in [0.29, 0.717) is 0 Å². The van der Waals surface area contributed by atoms with Gasteiger partial charge in [0.2, 0.25) is 5.91 Å². The van der Waals surface area contributed by atoms with Crippen molar-refractivity contribution in [3.8, 4) is 0 Å². The molecule has 1 atom stereocenters. The van der Waals surface area contributed by atoms with Crippen LogP contribution in [0.4, 0.5) is 0 Å². The molecule has 0 unspecified atom stereocenters. The van der Waals surface area contributed by atoms with Crippen LogP contribution in [0.15, 0.2) is 42.5 Å². The highest BCUT2D eigenvalue weighted by atomic mass is 16.1. The Morgan fingerprint density at radius 2 is 2.00 bits per heavy atom. The molecule has 2 nitrogen and oxygen atoms in total. The second kappa shape index (κ2) is 5.22. The smallest absolute Gasteiger partial charge is 0.244 e. The van der Waals surface area contributed by atoms with Gasteiger partial charge in [0, 0.05) is 0 Å². The summed E-state index contributed by atoms with van der Waals surface area (Å²) in [7, 11) is 0. The molecule has 0 saturated carbocycles. The van der Waals surface area contributed by atoms with Crippen molar-refractivity contribution in [1.29, 1.82) is 0 Å². The van der Waals surface area contributed by atoms with E-state index in [2.05, 4.69) is 5.32 Å². The Hall–Kier alpha value is -1.57. The van der Waals surface area contributed by atoms with Gasteiger partial charge >= 0.3 is 0 Å². The van der Waals surface area contributed by atoms with Crippen molar-refractivity contribution >= 4 is 5.91 Å². The second-order valence-corrected chi connectivity index (χ2v) is 3.14. The molecule has 0 aliphatic carbocycles. The molecule has 0 bridgehead atoms. The van der Waals surface area contributed by atoms with Crippen molar-refractivity contribution in [2.45, 2.75) is 19.9 Å². The summed E-state index contributed by atoms with van der Waals surface area (Å²) in [5.74, 6) is -0.0520. The number of amides is 1. The summed E-state index contributed by atoms with van der Waals surface area (Å²) in [5, 5.41) is 2.87. The van der Waals surface area contributed by atoms with E-state index in [1.165, 1.54) is 6.08 Å². The standard InChI is InChI=1S/C12H15NO/c1-3-7-12(14)13-10(2)11-8-5-4-6-9-11/h3-10H,1-2H3,(H,13,14)/t10-/m1/s1. The summed E-state index contributed by atoms with van der Waals surface area (Å²) in [6, 6.07) is 9.95. The van der Waals surface area contributed by atoms with Crippen molar-refractivity contribution in [1.82, 2.24) is 5.32 Å². The third-order valence-electron chi connectivity index (χ3n) is 1.98. The van der Waals surface area contributed by atoms with E-state index in [0.717, 1.165) is 5.56 Å². The van der Waals surface area contributed by atoms with Gasteiger partial charge in [0.1, 0.15) is 0 Å². The summed E-state index contributed by atoms with van der Waals surface area (Å²) >= 11 is 0. The Kier molecular flexibility index (Phi) is 3.92. The molecular weight excluding hydrogens is 174 g/mol. The number of hydrogen-bond donors (Lipinski definition) is 1. The van der Waals surface area contributed by atoms with Crippen LogP contribution >= 0.6 is 0 Å². The van der Waals surface area contributed by atoms with Gasteiger partial charge in [-0.05, 0) is 25.5 Å². The normalized spacial score (nSPS) is 12.7. The topological polar surface area (TPSA) is 29.1 Å². The largest absolute Gasteiger partial charge is 0.346 e. The van der Waals surface area contributed by atoms with Crippen LogP contribution in [0, 0.1) is 0 Å². The summed E-state index contributed by atoms with van der Waals surface area (Å²) in [6.07, 6.45) is 3.26. The fraction of sp³-hybridized carbons (Fsp3) is 0.250. The number of nitrogens with one attached hydrogen (secondary N) is 1. The van der Waals surface area contributed by atoms with Crippen LogP contribution in [0.3, 0.4) is 0 Å². The molecule has 0 spiro atoms. The second-order valence-electron chi connectivity index (χ2n) is 3.14. The van der Waals surface area contributed by atoms with Gasteiger partial charge < -0.3 is 5.32 Å². The molecule has 0 radical (unpaired) electrons. The minimum absolute atomic E-state index is 0.0520. The number of rotatable bonds is 3. The van der Waals surface area contributed by atoms with Gasteiger partial charge in [0.05, 0.1) is 6.04 Å². The van der Waals surface area contributed by atoms with Crippen LogP contribution in [-0.4, -0.2) is 5.91 Å². The van der Waals surface area contributed by atoms with Gasteiger partial charge in [0.15, 0.2) is 0 Å². The van der Waals surface area contributed by atoms with E-state index < -0.39 is 0 Å². The number of benzene rings is 1. The molecule has 0 fully saturated rings. The summed E-state index contributed by atoms with van der Waals surface area (Å²) in [5.41, 5.74) is 1.12. The fourth-order valence-electron chi connectivity index (χ4n) is 1.24. The molecular formula is C12H15NO. The first-order valence-corrected chi connectivity index (χ1v) is 4.72. The van der Waals surface area contributed by atoms with E-state index in [-0.39, 0.29) is 11.9 Å². The Morgan fingerprint density at radius 1 is 1.36 bits per heavy atom. The molecule has 1 N–H and O–H groups in total. The first-order valence-electron chi connectivity index (χ1n) is 4.72. The molecule has 0 aliphatic rings. The highest BCUT2D eigenvalue weighted by Crippen LogP contribution is 2.10. The zero-order valence-corrected chi connectivity index (χ0v) is 8.53. The van der Waals surface area contributed by atoms with E-state index in [1.807, 2.05) is 44.2 Å². The number of carbonyl (C=O) groups is 1. The Balaban J connectivity index is 2.59. The lowest BCUT2D eigenvalue weighted by Crippen LogP contribution is -2.24. The molecule has 14 heavy (non-hydrogen) atoms. The predicted molar refractivity (Wildman–Crippen MR) is 57.8 cm³/mol. The lowest BCUT2D eigenvalue weighted by atomic mass is 10.1. The zero-order valence-electron chi connectivity index (χ0n) is 8.53. The fourth-order valence-corrected chi connectivity index (χ4v) is 1.24. The van der Waals surface area contributed by atoms with Crippen LogP contribution < -0.4 is 5.32 Å². The molecule has 0 heterocycles. The molecule has 74 valence electrons. The Bertz CT molecular complexity index is 316. The van der Waals surface area contributed by atoms with E-state index >= 15 is 0 Å². The van der Waals surface area contributed by atoms with Gasteiger partial charge in [-0.1, -0.05) is 36.4 Å². The number of allylic oxidation sites excluding steroid dienone is 1. The Morgan fingerprint density at radius 3 is 2.57 bits per heavy atom. The first kappa shape index (κ1) is 10.5. The maximum absolute atomic E-state index is 11.2. The molecule has 0 aromatic heterocycles. The highest BCUT2D eigenvalue weighted by molar-refractivity contribution is 5.87. The van der Waals surface area contributed by atoms with Crippen LogP contribution in [0.2, 0.25) is 0 Å². The zero-order chi connectivity index (χ0) is 10.4. The van der Waals surface area contributed by atoms with E-state index in [1.54, 1.807) is 6.08 Å². The number of hydrogen-bond acceptors (Lipinski definition) is 1. The van der Waals surface area contributed by atoms with E-state index in [9.17, 15) is 4.79 Å². The summed E-state index contributed by atoms with van der Waals surface area (Å²) in [4.78, 5) is 11.2. The minimum atomic E-state index is -0.0520. The molecule has 1 aromatic rings. The van der Waals surface area contributed by atoms with Crippen LogP contribution in [-0.2, 0) is 4.79 Å². The summed E-state index contributed by atoms with van der Waals surface area (Å²) < 4.78 is 0. The first-order chi connectivity index (χ1) is 6.74. The van der Waals surface area contributed by atoms with Gasteiger partial charge in [-0.2, -0.15) is 0 Å². The molecule has 1 amide bonds. The molecule has 1 rings (SSSR count). The van der Waals surface area contributed by atoms with Gasteiger partial charge in [-0.3, -0.25) is 4.79 Å². The minimum Gasteiger partial charge on any atom is -0.346 e. The van der Waals surface area contributed by atoms with Crippen LogP contribution in [0.1, 0.15) is 25.5 Å². The van der Waals surface area contributed by atoms with Crippen molar-refractivity contribution in [2.24, 2.45) is 0 Å². The van der Waals surface area contributed by atoms with Crippen molar-refractivity contribution in [3.63, 3.8) is 0 Å². The lowest BCUT2D eigenvalue weighted by Gasteiger charge is -2.12. The molecule has 0 saturated heterocycles. The average molecular weight is 189 g/mol. The van der Waals surface area contributed by atoms with E-state index in [4.69, 9.17) is 0 Å². The summed E-state index contributed by atoms with van der Waals surface area (Å²) in [6.45, 7) is 3.80. The average Bonchev–Trinajstić information content (AvgIpc) is 2.19. The monoisotopic (exact) mass is 189 g/mol. The van der Waals surface area contributed by atoms with Crippen molar-refractivity contribution in [2.75, 3.05) is 0 Å². The third-order valence-corrected chi connectivity index (χ3v) is 1.98. The SMILES string of the molecule is CC=CC(=O)N[C@H](C)c1ccccc1. The predicted octanol–water partition coefficient (Wildman–Crippen LogP) is 2.44. The number of carbonyl (C=O) groups excluding carboxylic acids is 1. The van der Waals surface area contributed by atoms with Crippen LogP contribution in [0.5, 0.6) is 0 Å². The maximum atomic E-state index is 11.2. The Labute approximate surface area is 84.6 Å². The lowest BCUT2D eigenvalue weighted by molar-refractivity contribution is -0.117. The third kappa shape index (κ3) is 3.05. The molecule has 1 aromatic carbocycles. The van der Waals surface area contributed by atoms with Crippen LogP contribution in [0.25, 0.3) is 0 Å². The van der Waals surface area contributed by atoms with Crippen molar-refractivity contribution in [3.05, 3.63) is 48.0 Å². The van der Waals surface area contributed by atoms with Gasteiger partial charge in [0.25, 0.3) is 0 Å².